The van der Waals surface area contributed by atoms with E-state index in [-0.39, 0.29) is 17.1 Å². The molecule has 0 saturated heterocycles. The number of hydrogen-bond acceptors (Lipinski definition) is 6. The van der Waals surface area contributed by atoms with Gasteiger partial charge in [0, 0.05) is 23.7 Å². The fourth-order valence-electron chi connectivity index (χ4n) is 2.63. The van der Waals surface area contributed by atoms with Crippen molar-refractivity contribution in [3.63, 3.8) is 0 Å². The lowest BCUT2D eigenvalue weighted by molar-refractivity contribution is -0.137. The maximum Gasteiger partial charge on any atom is 0.416 e. The number of hydrogen-bond donors (Lipinski definition) is 3. The van der Waals surface area contributed by atoms with Gasteiger partial charge in [0.1, 0.15) is 5.82 Å². The molecule has 3 aromatic rings. The molecule has 2 aromatic heterocycles. The summed E-state index contributed by atoms with van der Waals surface area (Å²) in [7, 11) is 1.40. The molecule has 168 valence electrons. The van der Waals surface area contributed by atoms with Gasteiger partial charge in [0.15, 0.2) is 10.9 Å². The van der Waals surface area contributed by atoms with Gasteiger partial charge in [-0.3, -0.25) is 9.59 Å². The van der Waals surface area contributed by atoms with Crippen molar-refractivity contribution in [1.82, 2.24) is 15.3 Å². The van der Waals surface area contributed by atoms with Gasteiger partial charge in [-0.05, 0) is 38.1 Å². The second-order valence-electron chi connectivity index (χ2n) is 6.67. The normalized spacial score (nSPS) is 11.2. The van der Waals surface area contributed by atoms with E-state index in [0.29, 0.717) is 23.3 Å². The van der Waals surface area contributed by atoms with Crippen LogP contribution in [0, 0.1) is 19.7 Å². The molecule has 7 nitrogen and oxygen atoms in total. The molecule has 1 aromatic carbocycles. The van der Waals surface area contributed by atoms with E-state index in [1.54, 1.807) is 0 Å². The van der Waals surface area contributed by atoms with E-state index in [4.69, 9.17) is 0 Å². The number of thiazole rings is 1. The van der Waals surface area contributed by atoms with Crippen molar-refractivity contribution in [3.05, 3.63) is 63.5 Å². The maximum atomic E-state index is 13.7. The largest absolute Gasteiger partial charge is 0.416 e. The minimum Gasteiger partial charge on any atom is -0.355 e. The van der Waals surface area contributed by atoms with Crippen LogP contribution in [0.15, 0.2) is 30.5 Å². The Labute approximate surface area is 183 Å². The monoisotopic (exact) mass is 467 g/mol. The molecule has 0 aliphatic rings. The Morgan fingerprint density at radius 3 is 2.34 bits per heavy atom. The number of aryl methyl sites for hydroxylation is 2. The van der Waals surface area contributed by atoms with E-state index in [1.807, 2.05) is 13.8 Å². The predicted molar refractivity (Wildman–Crippen MR) is 112 cm³/mol. The molecule has 0 spiro atoms. The van der Waals surface area contributed by atoms with Crippen LogP contribution >= 0.6 is 11.3 Å². The summed E-state index contributed by atoms with van der Waals surface area (Å²) in [5.41, 5.74) is -0.972. The average Bonchev–Trinajstić information content (AvgIpc) is 3.04. The van der Waals surface area contributed by atoms with Crippen molar-refractivity contribution in [2.75, 3.05) is 17.7 Å². The van der Waals surface area contributed by atoms with E-state index in [0.717, 1.165) is 10.6 Å². The molecule has 0 unspecified atom stereocenters. The summed E-state index contributed by atoms with van der Waals surface area (Å²) in [5, 5.41) is 8.18. The number of benzene rings is 1. The minimum atomic E-state index is -4.83. The molecule has 2 amide bonds. The Morgan fingerprint density at radius 1 is 1.03 bits per heavy atom. The number of alkyl halides is 3. The zero-order valence-electron chi connectivity index (χ0n) is 17.0. The Hall–Kier alpha value is -3.54. The number of carbonyl (C=O) groups excluding carboxylic acids is 2. The standard InChI is InChI=1S/C20H17F4N5O2S/c1-9-10(2)32-19(27-9)29-16-15(6-12(8-26-16)17(30)25-3)28-18(31)11-4-13(20(22,23)24)7-14(21)5-11/h4-8H,1-3H3,(H,25,30)(H,28,31)(H,26,27,29). The molecule has 0 atom stereocenters. The van der Waals surface area contributed by atoms with Crippen molar-refractivity contribution in [3.8, 4) is 0 Å². The number of halogens is 4. The van der Waals surface area contributed by atoms with E-state index < -0.39 is 34.9 Å². The Balaban J connectivity index is 1.98. The van der Waals surface area contributed by atoms with E-state index in [1.165, 1.54) is 30.6 Å². The number of rotatable bonds is 5. The highest BCUT2D eigenvalue weighted by molar-refractivity contribution is 7.15. The Kier molecular flexibility index (Phi) is 6.44. The molecule has 3 rings (SSSR count). The molecule has 2 heterocycles. The van der Waals surface area contributed by atoms with Gasteiger partial charge in [-0.15, -0.1) is 11.3 Å². The first kappa shape index (κ1) is 23.1. The second-order valence-corrected chi connectivity index (χ2v) is 7.87. The molecular formula is C20H17F4N5O2S. The fraction of sp³-hybridized carbons (Fsp3) is 0.200. The van der Waals surface area contributed by atoms with E-state index in [9.17, 15) is 27.2 Å². The van der Waals surface area contributed by atoms with Gasteiger partial charge < -0.3 is 16.0 Å². The zero-order valence-corrected chi connectivity index (χ0v) is 17.8. The lowest BCUT2D eigenvalue weighted by atomic mass is 10.1. The number of nitrogens with one attached hydrogen (secondary N) is 3. The van der Waals surface area contributed by atoms with Crippen LogP contribution in [-0.2, 0) is 6.18 Å². The van der Waals surface area contributed by atoms with Gasteiger partial charge in [0.2, 0.25) is 0 Å². The van der Waals surface area contributed by atoms with Crippen LogP contribution in [0.1, 0.15) is 36.9 Å². The van der Waals surface area contributed by atoms with E-state index in [2.05, 4.69) is 25.9 Å². The summed E-state index contributed by atoms with van der Waals surface area (Å²) < 4.78 is 52.7. The zero-order chi connectivity index (χ0) is 23.6. The Morgan fingerprint density at radius 2 is 1.75 bits per heavy atom. The van der Waals surface area contributed by atoms with Crippen molar-refractivity contribution in [2.45, 2.75) is 20.0 Å². The molecule has 0 radical (unpaired) electrons. The van der Waals surface area contributed by atoms with Gasteiger partial charge in [0.05, 0.1) is 22.5 Å². The molecule has 3 N–H and O–H groups in total. The summed E-state index contributed by atoms with van der Waals surface area (Å²) in [5.74, 6) is -2.62. The molecule has 32 heavy (non-hydrogen) atoms. The van der Waals surface area contributed by atoms with Crippen LogP contribution in [0.2, 0.25) is 0 Å². The highest BCUT2D eigenvalue weighted by Crippen LogP contribution is 2.32. The molecule has 0 bridgehead atoms. The first-order chi connectivity index (χ1) is 15.0. The third-order valence-corrected chi connectivity index (χ3v) is 5.35. The summed E-state index contributed by atoms with van der Waals surface area (Å²) in [6, 6.07) is 2.81. The fourth-order valence-corrected chi connectivity index (χ4v) is 3.45. The molecule has 0 aliphatic carbocycles. The number of anilines is 3. The number of pyridine rings is 1. The first-order valence-electron chi connectivity index (χ1n) is 9.10. The smallest absolute Gasteiger partial charge is 0.355 e. The van der Waals surface area contributed by atoms with Crippen LogP contribution in [0.5, 0.6) is 0 Å². The van der Waals surface area contributed by atoms with Gasteiger partial charge >= 0.3 is 6.18 Å². The van der Waals surface area contributed by atoms with Crippen molar-refractivity contribution in [2.24, 2.45) is 0 Å². The van der Waals surface area contributed by atoms with Crippen LogP contribution in [0.3, 0.4) is 0 Å². The van der Waals surface area contributed by atoms with Gasteiger partial charge in [-0.25, -0.2) is 14.4 Å². The van der Waals surface area contributed by atoms with Crippen molar-refractivity contribution < 1.29 is 27.2 Å². The summed E-state index contributed by atoms with van der Waals surface area (Å²) in [6.45, 7) is 3.68. The van der Waals surface area contributed by atoms with E-state index >= 15 is 0 Å². The number of aromatic nitrogens is 2. The third kappa shape index (κ3) is 5.19. The molecular weight excluding hydrogens is 450 g/mol. The molecule has 0 saturated carbocycles. The maximum absolute atomic E-state index is 13.7. The van der Waals surface area contributed by atoms with Gasteiger partial charge in [0.25, 0.3) is 11.8 Å². The Bertz CT molecular complexity index is 1170. The highest BCUT2D eigenvalue weighted by atomic mass is 32.1. The van der Waals surface area contributed by atoms with Crippen molar-refractivity contribution in [1.29, 1.82) is 0 Å². The summed E-state index contributed by atoms with van der Waals surface area (Å²) in [6.07, 6.45) is -3.57. The number of amides is 2. The SMILES string of the molecule is CNC(=O)c1cnc(Nc2nc(C)c(C)s2)c(NC(=O)c2cc(F)cc(C(F)(F)F)c2)c1. The summed E-state index contributed by atoms with van der Waals surface area (Å²) >= 11 is 1.33. The lowest BCUT2D eigenvalue weighted by Gasteiger charge is -2.13. The summed E-state index contributed by atoms with van der Waals surface area (Å²) in [4.78, 5) is 34.0. The lowest BCUT2D eigenvalue weighted by Crippen LogP contribution is -2.20. The first-order valence-corrected chi connectivity index (χ1v) is 9.92. The van der Waals surface area contributed by atoms with Crippen LogP contribution in [0.4, 0.5) is 34.2 Å². The highest BCUT2D eigenvalue weighted by Gasteiger charge is 2.32. The number of carbonyl (C=O) groups is 2. The van der Waals surface area contributed by atoms with Crippen molar-refractivity contribution >= 4 is 39.8 Å². The molecule has 0 aliphatic heterocycles. The van der Waals surface area contributed by atoms with Crippen LogP contribution < -0.4 is 16.0 Å². The topological polar surface area (TPSA) is 96.0 Å². The van der Waals surface area contributed by atoms with Gasteiger partial charge in [-0.1, -0.05) is 0 Å². The molecule has 12 heteroatoms. The second kappa shape index (κ2) is 8.91. The predicted octanol–water partition coefficient (Wildman–Crippen LogP) is 4.67. The van der Waals surface area contributed by atoms with Crippen LogP contribution in [0.25, 0.3) is 0 Å². The third-order valence-electron chi connectivity index (χ3n) is 4.37. The quantitative estimate of drug-likeness (QED) is 0.474. The van der Waals surface area contributed by atoms with Gasteiger partial charge in [-0.2, -0.15) is 13.2 Å². The minimum absolute atomic E-state index is 0.000531. The molecule has 0 fully saturated rings. The average molecular weight is 467 g/mol. The number of nitrogens with zero attached hydrogens (tertiary/aromatic N) is 2. The van der Waals surface area contributed by atoms with Crippen LogP contribution in [-0.4, -0.2) is 28.8 Å².